The molecule has 2 N–H and O–H groups in total. The molecule has 0 atom stereocenters. The number of rotatable bonds is 6. The van der Waals surface area contributed by atoms with Crippen LogP contribution in [0.4, 0.5) is 5.13 Å². The largest absolute Gasteiger partial charge is 0.482 e. The van der Waals surface area contributed by atoms with E-state index in [1.165, 1.54) is 11.3 Å². The summed E-state index contributed by atoms with van der Waals surface area (Å²) in [5.41, 5.74) is 3.17. The second-order valence-electron chi connectivity index (χ2n) is 5.57. The number of carbonyl (C=O) groups is 2. The number of benzene rings is 2. The van der Waals surface area contributed by atoms with E-state index in [0.29, 0.717) is 16.4 Å². The number of anilines is 1. The van der Waals surface area contributed by atoms with E-state index >= 15 is 0 Å². The molecule has 1 heterocycles. The molecule has 6 nitrogen and oxygen atoms in total. The molecule has 2 aromatic carbocycles. The Labute approximate surface area is 154 Å². The van der Waals surface area contributed by atoms with Crippen LogP contribution in [0.1, 0.15) is 15.9 Å². The van der Waals surface area contributed by atoms with Gasteiger partial charge in [0.15, 0.2) is 11.7 Å². The van der Waals surface area contributed by atoms with Gasteiger partial charge in [-0.15, -0.1) is 11.3 Å². The number of nitrogens with one attached hydrogen (secondary N) is 1. The van der Waals surface area contributed by atoms with Crippen LogP contribution >= 0.6 is 11.3 Å². The highest BCUT2D eigenvalue weighted by atomic mass is 32.1. The van der Waals surface area contributed by atoms with Gasteiger partial charge in [-0.05, 0) is 43.3 Å². The van der Waals surface area contributed by atoms with Crippen molar-refractivity contribution < 1.29 is 19.4 Å². The topological polar surface area (TPSA) is 88.5 Å². The van der Waals surface area contributed by atoms with E-state index in [2.05, 4.69) is 10.3 Å². The molecule has 132 valence electrons. The summed E-state index contributed by atoms with van der Waals surface area (Å²) in [5.74, 6) is -0.756. The predicted octanol–water partition coefficient (Wildman–Crippen LogP) is 3.83. The number of carbonyl (C=O) groups excluding carboxylic acids is 1. The Kier molecular flexibility index (Phi) is 5.28. The fourth-order valence-corrected chi connectivity index (χ4v) is 3.00. The first-order chi connectivity index (χ1) is 12.5. The third-order valence-electron chi connectivity index (χ3n) is 3.52. The summed E-state index contributed by atoms with van der Waals surface area (Å²) < 4.78 is 5.10. The van der Waals surface area contributed by atoms with Crippen LogP contribution in [-0.4, -0.2) is 28.6 Å². The molecular formula is C19H16N2O4S. The maximum Gasteiger partial charge on any atom is 0.341 e. The first kappa shape index (κ1) is 17.6. The third kappa shape index (κ3) is 4.46. The SMILES string of the molecule is Cc1cccc(C(=O)Nc2nc(-c3ccc(OCC(=O)O)cc3)cs2)c1. The second kappa shape index (κ2) is 7.79. The van der Waals surface area contributed by atoms with E-state index in [9.17, 15) is 9.59 Å². The molecule has 0 radical (unpaired) electrons. The lowest BCUT2D eigenvalue weighted by atomic mass is 10.1. The lowest BCUT2D eigenvalue weighted by Gasteiger charge is -2.04. The summed E-state index contributed by atoms with van der Waals surface area (Å²) in [6, 6.07) is 14.3. The van der Waals surface area contributed by atoms with Crippen LogP contribution in [0, 0.1) is 6.92 Å². The van der Waals surface area contributed by atoms with Gasteiger partial charge in [-0.25, -0.2) is 9.78 Å². The van der Waals surface area contributed by atoms with E-state index < -0.39 is 5.97 Å². The monoisotopic (exact) mass is 368 g/mol. The summed E-state index contributed by atoms with van der Waals surface area (Å²) in [6.45, 7) is 1.55. The summed E-state index contributed by atoms with van der Waals surface area (Å²) in [5, 5.41) is 13.8. The Morgan fingerprint density at radius 3 is 2.65 bits per heavy atom. The highest BCUT2D eigenvalue weighted by Crippen LogP contribution is 2.26. The van der Waals surface area contributed by atoms with Crippen molar-refractivity contribution in [3.8, 4) is 17.0 Å². The average molecular weight is 368 g/mol. The minimum Gasteiger partial charge on any atom is -0.482 e. The molecule has 0 aliphatic rings. The van der Waals surface area contributed by atoms with Gasteiger partial charge in [0, 0.05) is 16.5 Å². The van der Waals surface area contributed by atoms with Crippen LogP contribution < -0.4 is 10.1 Å². The Bertz CT molecular complexity index is 935. The lowest BCUT2D eigenvalue weighted by molar-refractivity contribution is -0.139. The quantitative estimate of drug-likeness (QED) is 0.690. The zero-order valence-electron chi connectivity index (χ0n) is 13.9. The Morgan fingerprint density at radius 2 is 1.96 bits per heavy atom. The number of hydrogen-bond donors (Lipinski definition) is 2. The molecule has 0 saturated carbocycles. The fourth-order valence-electron chi connectivity index (χ4n) is 2.29. The number of hydrogen-bond acceptors (Lipinski definition) is 5. The standard InChI is InChI=1S/C19H16N2O4S/c1-12-3-2-4-14(9-12)18(24)21-19-20-16(11-26-19)13-5-7-15(8-6-13)25-10-17(22)23/h2-9,11H,10H2,1H3,(H,22,23)(H,20,21,24). The van der Waals surface area contributed by atoms with E-state index in [4.69, 9.17) is 9.84 Å². The van der Waals surface area contributed by atoms with Gasteiger partial charge in [0.05, 0.1) is 5.69 Å². The summed E-state index contributed by atoms with van der Waals surface area (Å²) in [7, 11) is 0. The van der Waals surface area contributed by atoms with Crippen molar-refractivity contribution in [3.63, 3.8) is 0 Å². The molecule has 0 aliphatic heterocycles. The number of thiazole rings is 1. The van der Waals surface area contributed by atoms with Gasteiger partial charge in [0.2, 0.25) is 0 Å². The number of aliphatic carboxylic acids is 1. The zero-order valence-corrected chi connectivity index (χ0v) is 14.7. The average Bonchev–Trinajstić information content (AvgIpc) is 3.09. The third-order valence-corrected chi connectivity index (χ3v) is 4.28. The molecular weight excluding hydrogens is 352 g/mol. The predicted molar refractivity (Wildman–Crippen MR) is 99.8 cm³/mol. The number of nitrogens with zero attached hydrogens (tertiary/aromatic N) is 1. The molecule has 0 bridgehead atoms. The maximum absolute atomic E-state index is 12.3. The lowest BCUT2D eigenvalue weighted by Crippen LogP contribution is -2.11. The van der Waals surface area contributed by atoms with Crippen molar-refractivity contribution in [2.24, 2.45) is 0 Å². The molecule has 3 rings (SSSR count). The second-order valence-corrected chi connectivity index (χ2v) is 6.43. The van der Waals surface area contributed by atoms with Crippen molar-refractivity contribution in [1.82, 2.24) is 4.98 Å². The number of aromatic nitrogens is 1. The van der Waals surface area contributed by atoms with Crippen LogP contribution in [0.5, 0.6) is 5.75 Å². The summed E-state index contributed by atoms with van der Waals surface area (Å²) in [6.07, 6.45) is 0. The van der Waals surface area contributed by atoms with Crippen molar-refractivity contribution in [3.05, 3.63) is 65.0 Å². The van der Waals surface area contributed by atoms with Crippen LogP contribution in [0.15, 0.2) is 53.9 Å². The molecule has 1 aromatic heterocycles. The molecule has 0 spiro atoms. The molecule has 0 unspecified atom stereocenters. The first-order valence-electron chi connectivity index (χ1n) is 7.80. The van der Waals surface area contributed by atoms with Gasteiger partial charge in [0.25, 0.3) is 5.91 Å². The smallest absolute Gasteiger partial charge is 0.341 e. The summed E-state index contributed by atoms with van der Waals surface area (Å²) in [4.78, 5) is 27.2. The van der Waals surface area contributed by atoms with E-state index in [0.717, 1.165) is 16.8 Å². The maximum atomic E-state index is 12.3. The van der Waals surface area contributed by atoms with Gasteiger partial charge < -0.3 is 9.84 Å². The van der Waals surface area contributed by atoms with Gasteiger partial charge >= 0.3 is 5.97 Å². The van der Waals surface area contributed by atoms with Crippen molar-refractivity contribution in [2.75, 3.05) is 11.9 Å². The van der Waals surface area contributed by atoms with Crippen LogP contribution in [0.25, 0.3) is 11.3 Å². The summed E-state index contributed by atoms with van der Waals surface area (Å²) >= 11 is 1.34. The van der Waals surface area contributed by atoms with Gasteiger partial charge in [-0.3, -0.25) is 10.1 Å². The molecule has 1 amide bonds. The zero-order chi connectivity index (χ0) is 18.5. The van der Waals surface area contributed by atoms with Gasteiger partial charge in [-0.1, -0.05) is 17.7 Å². The van der Waals surface area contributed by atoms with E-state index in [-0.39, 0.29) is 12.5 Å². The van der Waals surface area contributed by atoms with Gasteiger partial charge in [-0.2, -0.15) is 0 Å². The van der Waals surface area contributed by atoms with E-state index in [1.807, 2.05) is 30.5 Å². The van der Waals surface area contributed by atoms with Crippen LogP contribution in [-0.2, 0) is 4.79 Å². The molecule has 0 fully saturated rings. The van der Waals surface area contributed by atoms with Crippen molar-refractivity contribution in [1.29, 1.82) is 0 Å². The molecule has 3 aromatic rings. The Hall–Kier alpha value is -3.19. The molecule has 7 heteroatoms. The van der Waals surface area contributed by atoms with Gasteiger partial charge in [0.1, 0.15) is 5.75 Å². The Morgan fingerprint density at radius 1 is 1.19 bits per heavy atom. The first-order valence-corrected chi connectivity index (χ1v) is 8.68. The normalized spacial score (nSPS) is 10.3. The van der Waals surface area contributed by atoms with Crippen molar-refractivity contribution >= 4 is 28.3 Å². The number of amides is 1. The fraction of sp³-hybridized carbons (Fsp3) is 0.105. The Balaban J connectivity index is 1.67. The number of aryl methyl sites for hydroxylation is 1. The highest BCUT2D eigenvalue weighted by molar-refractivity contribution is 7.14. The molecule has 0 aliphatic carbocycles. The number of carboxylic acids is 1. The number of ether oxygens (including phenoxy) is 1. The van der Waals surface area contributed by atoms with E-state index in [1.54, 1.807) is 30.3 Å². The van der Waals surface area contributed by atoms with Crippen LogP contribution in [0.3, 0.4) is 0 Å². The molecule has 0 saturated heterocycles. The van der Waals surface area contributed by atoms with Crippen LogP contribution in [0.2, 0.25) is 0 Å². The van der Waals surface area contributed by atoms with Crippen molar-refractivity contribution in [2.45, 2.75) is 6.92 Å². The molecule has 26 heavy (non-hydrogen) atoms. The number of carboxylic acid groups (broad SMARTS) is 1. The minimum absolute atomic E-state index is 0.202. The highest BCUT2D eigenvalue weighted by Gasteiger charge is 2.10. The minimum atomic E-state index is -1.03.